The molecule has 0 aliphatic rings. The largest absolute Gasteiger partial charge is 0.382 e. The summed E-state index contributed by atoms with van der Waals surface area (Å²) in [5.74, 6) is 5.79. The second kappa shape index (κ2) is 10.6. The van der Waals surface area contributed by atoms with Crippen LogP contribution in [0.25, 0.3) is 5.52 Å². The number of anilines is 3. The third-order valence-electron chi connectivity index (χ3n) is 4.88. The number of aromatic nitrogens is 4. The van der Waals surface area contributed by atoms with Crippen LogP contribution in [0.3, 0.4) is 0 Å². The van der Waals surface area contributed by atoms with E-state index in [2.05, 4.69) is 37.5 Å². The van der Waals surface area contributed by atoms with Crippen LogP contribution in [-0.2, 0) is 0 Å². The average Bonchev–Trinajstić information content (AvgIpc) is 3.20. The summed E-state index contributed by atoms with van der Waals surface area (Å²) >= 11 is 12.0. The lowest BCUT2D eigenvalue weighted by molar-refractivity contribution is 0.104. The summed E-state index contributed by atoms with van der Waals surface area (Å²) in [7, 11) is 3.80. The molecule has 0 spiro atoms. The molecule has 1 aromatic carbocycles. The quantitative estimate of drug-likeness (QED) is 0.268. The Morgan fingerprint density at radius 2 is 1.94 bits per heavy atom. The summed E-state index contributed by atoms with van der Waals surface area (Å²) in [5.41, 5.74) is 8.05. The van der Waals surface area contributed by atoms with Gasteiger partial charge in [0.15, 0.2) is 11.6 Å². The van der Waals surface area contributed by atoms with Gasteiger partial charge in [-0.05, 0) is 50.3 Å². The maximum Gasteiger partial charge on any atom is 0.323 e. The molecule has 0 fully saturated rings. The van der Waals surface area contributed by atoms with E-state index < -0.39 is 6.03 Å². The summed E-state index contributed by atoms with van der Waals surface area (Å²) < 4.78 is 1.48. The lowest BCUT2D eigenvalue weighted by atomic mass is 10.1. The van der Waals surface area contributed by atoms with Crippen LogP contribution in [0.15, 0.2) is 49.1 Å². The zero-order valence-corrected chi connectivity index (χ0v) is 20.7. The summed E-state index contributed by atoms with van der Waals surface area (Å²) in [5, 5.41) is 10.2. The van der Waals surface area contributed by atoms with E-state index >= 15 is 0 Å². The molecule has 10 nitrogen and oxygen atoms in total. The Hall–Kier alpha value is -4.17. The number of carbonyl (C=O) groups excluding carboxylic acids is 2. The normalized spacial score (nSPS) is 10.7. The van der Waals surface area contributed by atoms with E-state index in [1.807, 2.05) is 19.0 Å². The third-order valence-corrected chi connectivity index (χ3v) is 5.42. The van der Waals surface area contributed by atoms with Crippen molar-refractivity contribution in [2.45, 2.75) is 0 Å². The molecule has 4 rings (SSSR count). The van der Waals surface area contributed by atoms with Crippen molar-refractivity contribution in [1.29, 1.82) is 0 Å². The highest BCUT2D eigenvalue weighted by Crippen LogP contribution is 2.26. The number of ketones is 1. The van der Waals surface area contributed by atoms with Crippen molar-refractivity contribution in [3.63, 3.8) is 0 Å². The van der Waals surface area contributed by atoms with Crippen molar-refractivity contribution < 1.29 is 9.59 Å². The van der Waals surface area contributed by atoms with E-state index in [1.165, 1.54) is 35.4 Å². The Kier molecular flexibility index (Phi) is 7.36. The fourth-order valence-electron chi connectivity index (χ4n) is 3.28. The van der Waals surface area contributed by atoms with Gasteiger partial charge in [0.1, 0.15) is 17.5 Å². The number of benzene rings is 1. The highest BCUT2D eigenvalue weighted by Gasteiger charge is 2.21. The predicted molar refractivity (Wildman–Crippen MR) is 140 cm³/mol. The van der Waals surface area contributed by atoms with Gasteiger partial charge in [-0.2, -0.15) is 5.10 Å². The summed E-state index contributed by atoms with van der Waals surface area (Å²) in [4.78, 5) is 35.9. The van der Waals surface area contributed by atoms with Gasteiger partial charge in [-0.15, -0.1) is 0 Å². The van der Waals surface area contributed by atoms with E-state index in [0.717, 1.165) is 0 Å². The first-order chi connectivity index (χ1) is 17.2. The molecular formula is C24H20Cl2N8O2. The SMILES string of the molecule is CN(C)CC#Cc1cc(C(=O)c2cncc(NC(=O)Nc3ccc(Cl)cc3Cl)c2)c2c(N)ncnn12. The van der Waals surface area contributed by atoms with Gasteiger partial charge in [0.25, 0.3) is 0 Å². The number of fused-ring (bicyclic) bond motifs is 1. The minimum Gasteiger partial charge on any atom is -0.382 e. The number of nitrogens with one attached hydrogen (secondary N) is 2. The number of rotatable bonds is 5. The molecule has 0 aliphatic heterocycles. The molecule has 182 valence electrons. The van der Waals surface area contributed by atoms with Crippen LogP contribution in [0.2, 0.25) is 10.0 Å². The molecule has 0 aliphatic carbocycles. The second-order valence-electron chi connectivity index (χ2n) is 7.88. The monoisotopic (exact) mass is 522 g/mol. The molecule has 3 aromatic heterocycles. The maximum atomic E-state index is 13.4. The van der Waals surface area contributed by atoms with Gasteiger partial charge in [-0.25, -0.2) is 14.3 Å². The number of carbonyl (C=O) groups is 2. The summed E-state index contributed by atoms with van der Waals surface area (Å²) in [6, 6.07) is 7.22. The number of amides is 2. The van der Waals surface area contributed by atoms with Crippen molar-refractivity contribution in [3.05, 3.63) is 75.9 Å². The first-order valence-corrected chi connectivity index (χ1v) is 11.3. The van der Waals surface area contributed by atoms with Crippen LogP contribution in [0, 0.1) is 11.8 Å². The number of nitrogens with zero attached hydrogens (tertiary/aromatic N) is 5. The van der Waals surface area contributed by atoms with Crippen molar-refractivity contribution in [1.82, 2.24) is 24.5 Å². The standard InChI is InChI=1S/C24H20Cl2N8O2/c1-33(2)7-3-4-17-10-18(21-23(27)29-13-30-34(17)21)22(35)14-8-16(12-28-11-14)31-24(36)32-20-6-5-15(25)9-19(20)26/h5-6,8-13H,7H2,1-2H3,(H2,27,29,30)(H2,31,32,36). The minimum absolute atomic E-state index is 0.135. The molecule has 0 bridgehead atoms. The molecule has 4 aromatic rings. The van der Waals surface area contributed by atoms with Crippen LogP contribution in [0.4, 0.5) is 22.0 Å². The lowest BCUT2D eigenvalue weighted by Crippen LogP contribution is -2.20. The third kappa shape index (κ3) is 5.55. The number of halogens is 2. The van der Waals surface area contributed by atoms with Gasteiger partial charge in [0.2, 0.25) is 0 Å². The molecule has 3 heterocycles. The highest BCUT2D eigenvalue weighted by molar-refractivity contribution is 6.36. The molecule has 0 saturated heterocycles. The Morgan fingerprint density at radius 1 is 1.14 bits per heavy atom. The Bertz CT molecular complexity index is 1540. The maximum absolute atomic E-state index is 13.4. The zero-order chi connectivity index (χ0) is 25.8. The first-order valence-electron chi connectivity index (χ1n) is 10.5. The smallest absolute Gasteiger partial charge is 0.323 e. The zero-order valence-electron chi connectivity index (χ0n) is 19.2. The van der Waals surface area contributed by atoms with Crippen LogP contribution >= 0.6 is 23.2 Å². The van der Waals surface area contributed by atoms with E-state index in [1.54, 1.807) is 18.2 Å². The topological polar surface area (TPSA) is 131 Å². The molecule has 2 amide bonds. The number of hydrogen-bond acceptors (Lipinski definition) is 7. The minimum atomic E-state index is -0.573. The number of pyridine rings is 1. The average molecular weight is 523 g/mol. The molecule has 12 heteroatoms. The molecule has 4 N–H and O–H groups in total. The van der Waals surface area contributed by atoms with Crippen molar-refractivity contribution >= 4 is 57.7 Å². The Labute approximate surface area is 216 Å². The first kappa shape index (κ1) is 24.9. The predicted octanol–water partition coefficient (Wildman–Crippen LogP) is 3.80. The van der Waals surface area contributed by atoms with Gasteiger partial charge in [0.05, 0.1) is 34.7 Å². The van der Waals surface area contributed by atoms with Crippen LogP contribution in [0.1, 0.15) is 21.6 Å². The van der Waals surface area contributed by atoms with Crippen molar-refractivity contribution in [2.24, 2.45) is 0 Å². The lowest BCUT2D eigenvalue weighted by Gasteiger charge is -2.10. The number of hydrogen-bond donors (Lipinski definition) is 3. The van der Waals surface area contributed by atoms with Gasteiger partial charge in [-0.1, -0.05) is 29.1 Å². The molecule has 0 radical (unpaired) electrons. The van der Waals surface area contributed by atoms with Gasteiger partial charge in [-0.3, -0.25) is 14.7 Å². The van der Waals surface area contributed by atoms with E-state index in [-0.39, 0.29) is 27.8 Å². The van der Waals surface area contributed by atoms with Crippen LogP contribution in [-0.4, -0.2) is 56.9 Å². The molecule has 0 atom stereocenters. The van der Waals surface area contributed by atoms with Crippen LogP contribution < -0.4 is 16.4 Å². The molecule has 36 heavy (non-hydrogen) atoms. The Morgan fingerprint density at radius 3 is 2.69 bits per heavy atom. The van der Waals surface area contributed by atoms with E-state index in [4.69, 9.17) is 28.9 Å². The van der Waals surface area contributed by atoms with E-state index in [9.17, 15) is 9.59 Å². The summed E-state index contributed by atoms with van der Waals surface area (Å²) in [6.07, 6.45) is 4.10. The molecule has 0 saturated carbocycles. The van der Waals surface area contributed by atoms with Gasteiger partial charge < -0.3 is 16.4 Å². The van der Waals surface area contributed by atoms with Crippen molar-refractivity contribution in [2.75, 3.05) is 37.0 Å². The fourth-order valence-corrected chi connectivity index (χ4v) is 3.74. The number of nitrogens with two attached hydrogens (primary N) is 1. The molecular weight excluding hydrogens is 503 g/mol. The van der Waals surface area contributed by atoms with Gasteiger partial charge >= 0.3 is 6.03 Å². The summed E-state index contributed by atoms with van der Waals surface area (Å²) in [6.45, 7) is 0.526. The highest BCUT2D eigenvalue weighted by atomic mass is 35.5. The Balaban J connectivity index is 1.60. The second-order valence-corrected chi connectivity index (χ2v) is 8.73. The van der Waals surface area contributed by atoms with Crippen LogP contribution in [0.5, 0.6) is 0 Å². The van der Waals surface area contributed by atoms with Crippen molar-refractivity contribution in [3.8, 4) is 11.8 Å². The van der Waals surface area contributed by atoms with Gasteiger partial charge in [0, 0.05) is 16.8 Å². The molecule has 0 unspecified atom stereocenters. The number of urea groups is 1. The fraction of sp³-hybridized carbons (Fsp3) is 0.125. The van der Waals surface area contributed by atoms with E-state index in [0.29, 0.717) is 34.2 Å². The number of nitrogen functional groups attached to an aromatic ring is 1.